The molecule has 0 saturated heterocycles. The minimum Gasteiger partial charge on any atom is -0.508 e. The molecule has 0 saturated carbocycles. The molecule has 2 aromatic carbocycles. The fraction of sp³-hybridized carbons (Fsp3) is 0. The predicted octanol–water partition coefficient (Wildman–Crippen LogP) is 3.50. The van der Waals surface area contributed by atoms with E-state index in [2.05, 4.69) is 4.72 Å². The van der Waals surface area contributed by atoms with Gasteiger partial charge in [-0.3, -0.25) is 4.72 Å². The van der Waals surface area contributed by atoms with Crippen LogP contribution in [0.15, 0.2) is 47.4 Å². The van der Waals surface area contributed by atoms with E-state index in [9.17, 15) is 13.5 Å². The quantitative estimate of drug-likeness (QED) is 0.910. The summed E-state index contributed by atoms with van der Waals surface area (Å²) >= 11 is 11.5. The van der Waals surface area contributed by atoms with Crippen LogP contribution in [0.4, 0.5) is 5.69 Å². The smallest absolute Gasteiger partial charge is 0.261 e. The number of halogens is 2. The molecule has 100 valence electrons. The minimum atomic E-state index is -3.77. The number of hydrogen-bond donors (Lipinski definition) is 2. The maximum absolute atomic E-state index is 12.1. The van der Waals surface area contributed by atoms with Crippen LogP contribution in [-0.4, -0.2) is 13.5 Å². The summed E-state index contributed by atoms with van der Waals surface area (Å²) in [6, 6.07) is 9.80. The summed E-state index contributed by atoms with van der Waals surface area (Å²) in [7, 11) is -3.77. The molecule has 0 aliphatic heterocycles. The van der Waals surface area contributed by atoms with Crippen molar-refractivity contribution in [3.05, 3.63) is 52.5 Å². The number of anilines is 1. The van der Waals surface area contributed by atoms with E-state index in [1.54, 1.807) is 0 Å². The number of phenols is 1. The number of benzene rings is 2. The first-order valence-corrected chi connectivity index (χ1v) is 7.39. The van der Waals surface area contributed by atoms with Gasteiger partial charge >= 0.3 is 0 Å². The first kappa shape index (κ1) is 14.0. The van der Waals surface area contributed by atoms with Gasteiger partial charge in [0.25, 0.3) is 10.0 Å². The van der Waals surface area contributed by atoms with Crippen molar-refractivity contribution in [3.8, 4) is 5.75 Å². The second kappa shape index (κ2) is 5.28. The molecule has 0 aliphatic rings. The van der Waals surface area contributed by atoms with Gasteiger partial charge in [0, 0.05) is 6.07 Å². The van der Waals surface area contributed by atoms with E-state index in [0.717, 1.165) is 0 Å². The molecule has 0 atom stereocenters. The Bertz CT molecular complexity index is 717. The van der Waals surface area contributed by atoms with Gasteiger partial charge in [-0.25, -0.2) is 8.42 Å². The molecule has 2 aromatic rings. The highest BCUT2D eigenvalue weighted by Crippen LogP contribution is 2.26. The zero-order chi connectivity index (χ0) is 14.0. The molecule has 0 unspecified atom stereocenters. The first-order chi connectivity index (χ1) is 8.88. The zero-order valence-corrected chi connectivity index (χ0v) is 11.8. The molecule has 0 aromatic heterocycles. The molecule has 0 heterocycles. The molecular formula is C12H9Cl2NO3S. The third-order valence-electron chi connectivity index (χ3n) is 2.30. The molecule has 0 radical (unpaired) electrons. The maximum Gasteiger partial charge on any atom is 0.261 e. The van der Waals surface area contributed by atoms with E-state index in [4.69, 9.17) is 23.2 Å². The standard InChI is InChI=1S/C12H9Cl2NO3S/c13-11-5-4-10(7-12(11)14)19(17,18)15-8-2-1-3-9(16)6-8/h1-7,15-16H. The van der Waals surface area contributed by atoms with Gasteiger partial charge < -0.3 is 5.11 Å². The monoisotopic (exact) mass is 317 g/mol. The molecular weight excluding hydrogens is 309 g/mol. The van der Waals surface area contributed by atoms with Crippen LogP contribution in [0.25, 0.3) is 0 Å². The summed E-state index contributed by atoms with van der Waals surface area (Å²) in [5.41, 5.74) is 0.256. The van der Waals surface area contributed by atoms with Crippen molar-refractivity contribution in [3.63, 3.8) is 0 Å². The Kier molecular flexibility index (Phi) is 3.89. The van der Waals surface area contributed by atoms with Crippen LogP contribution in [0, 0.1) is 0 Å². The highest BCUT2D eigenvalue weighted by atomic mass is 35.5. The normalized spacial score (nSPS) is 11.3. The molecule has 19 heavy (non-hydrogen) atoms. The fourth-order valence-corrected chi connectivity index (χ4v) is 2.87. The van der Waals surface area contributed by atoms with Crippen molar-refractivity contribution < 1.29 is 13.5 Å². The van der Waals surface area contributed by atoms with Crippen LogP contribution >= 0.6 is 23.2 Å². The van der Waals surface area contributed by atoms with E-state index in [0.29, 0.717) is 0 Å². The number of rotatable bonds is 3. The number of sulfonamides is 1. The van der Waals surface area contributed by atoms with E-state index in [-0.39, 0.29) is 26.4 Å². The van der Waals surface area contributed by atoms with Crippen molar-refractivity contribution in [2.24, 2.45) is 0 Å². The third kappa shape index (κ3) is 3.32. The first-order valence-electron chi connectivity index (χ1n) is 5.15. The number of phenolic OH excluding ortho intramolecular Hbond substituents is 1. The van der Waals surface area contributed by atoms with Crippen LogP contribution in [0.1, 0.15) is 0 Å². The molecule has 0 fully saturated rings. The summed E-state index contributed by atoms with van der Waals surface area (Å²) in [6.45, 7) is 0. The molecule has 2 rings (SSSR count). The highest BCUT2D eigenvalue weighted by molar-refractivity contribution is 7.92. The van der Waals surface area contributed by atoms with Crippen molar-refractivity contribution in [1.29, 1.82) is 0 Å². The number of nitrogens with one attached hydrogen (secondary N) is 1. The second-order valence-electron chi connectivity index (χ2n) is 3.73. The Morgan fingerprint density at radius 1 is 1.00 bits per heavy atom. The fourth-order valence-electron chi connectivity index (χ4n) is 1.43. The highest BCUT2D eigenvalue weighted by Gasteiger charge is 2.15. The van der Waals surface area contributed by atoms with Crippen LogP contribution < -0.4 is 4.72 Å². The summed E-state index contributed by atoms with van der Waals surface area (Å²) in [6.07, 6.45) is 0. The topological polar surface area (TPSA) is 66.4 Å². The lowest BCUT2D eigenvalue weighted by Crippen LogP contribution is -2.12. The van der Waals surface area contributed by atoms with Gasteiger partial charge in [0.05, 0.1) is 20.6 Å². The number of hydrogen-bond acceptors (Lipinski definition) is 3. The minimum absolute atomic E-state index is 0.00903. The van der Waals surface area contributed by atoms with Gasteiger partial charge in [0.2, 0.25) is 0 Å². The third-order valence-corrected chi connectivity index (χ3v) is 4.42. The Morgan fingerprint density at radius 2 is 1.74 bits per heavy atom. The van der Waals surface area contributed by atoms with Gasteiger partial charge in [-0.2, -0.15) is 0 Å². The van der Waals surface area contributed by atoms with Gasteiger partial charge in [-0.05, 0) is 30.3 Å². The molecule has 7 heteroatoms. The van der Waals surface area contributed by atoms with Crippen molar-refractivity contribution in [2.45, 2.75) is 4.90 Å². The Hall–Kier alpha value is -1.43. The van der Waals surface area contributed by atoms with Gasteiger partial charge in [-0.1, -0.05) is 29.3 Å². The summed E-state index contributed by atoms with van der Waals surface area (Å²) < 4.78 is 26.5. The largest absolute Gasteiger partial charge is 0.508 e. The van der Waals surface area contributed by atoms with E-state index < -0.39 is 10.0 Å². The van der Waals surface area contributed by atoms with Crippen molar-refractivity contribution in [2.75, 3.05) is 4.72 Å². The van der Waals surface area contributed by atoms with Crippen LogP contribution in [0.2, 0.25) is 10.0 Å². The lowest BCUT2D eigenvalue weighted by atomic mass is 10.3. The number of aromatic hydroxyl groups is 1. The SMILES string of the molecule is O=S(=O)(Nc1cccc(O)c1)c1ccc(Cl)c(Cl)c1. The van der Waals surface area contributed by atoms with Gasteiger partial charge in [0.1, 0.15) is 5.75 Å². The molecule has 0 aliphatic carbocycles. The summed E-state index contributed by atoms with van der Waals surface area (Å²) in [5, 5.41) is 9.72. The lowest BCUT2D eigenvalue weighted by Gasteiger charge is -2.09. The Balaban J connectivity index is 2.35. The molecule has 0 spiro atoms. The van der Waals surface area contributed by atoms with Crippen molar-refractivity contribution >= 4 is 38.9 Å². The summed E-state index contributed by atoms with van der Waals surface area (Å²) in [5.74, 6) is -0.0330. The van der Waals surface area contributed by atoms with E-state index in [1.165, 1.54) is 42.5 Å². The van der Waals surface area contributed by atoms with E-state index >= 15 is 0 Å². The summed E-state index contributed by atoms with van der Waals surface area (Å²) in [4.78, 5) is -0.00903. The molecule has 4 nitrogen and oxygen atoms in total. The molecule has 0 bridgehead atoms. The van der Waals surface area contributed by atoms with E-state index in [1.807, 2.05) is 0 Å². The van der Waals surface area contributed by atoms with Gasteiger partial charge in [0.15, 0.2) is 0 Å². The Labute approximate surface area is 120 Å². The average molecular weight is 318 g/mol. The molecule has 0 amide bonds. The maximum atomic E-state index is 12.1. The zero-order valence-electron chi connectivity index (χ0n) is 9.47. The lowest BCUT2D eigenvalue weighted by molar-refractivity contribution is 0.475. The van der Waals surface area contributed by atoms with Crippen molar-refractivity contribution in [1.82, 2.24) is 0 Å². The average Bonchev–Trinajstić information content (AvgIpc) is 2.32. The predicted molar refractivity (Wildman–Crippen MR) is 75.4 cm³/mol. The van der Waals surface area contributed by atoms with Gasteiger partial charge in [-0.15, -0.1) is 0 Å². The molecule has 2 N–H and O–H groups in total. The van der Waals surface area contributed by atoms with Crippen LogP contribution in [0.5, 0.6) is 5.75 Å². The Morgan fingerprint density at radius 3 is 2.37 bits per heavy atom. The van der Waals surface area contributed by atoms with Crippen LogP contribution in [-0.2, 0) is 10.0 Å². The van der Waals surface area contributed by atoms with Crippen LogP contribution in [0.3, 0.4) is 0 Å². The second-order valence-corrected chi connectivity index (χ2v) is 6.23.